The molecule has 1 atom stereocenters. The Morgan fingerprint density at radius 1 is 1.41 bits per heavy atom. The Morgan fingerprint density at radius 3 is 2.65 bits per heavy atom. The van der Waals surface area contributed by atoms with E-state index in [2.05, 4.69) is 32.2 Å². The quantitative estimate of drug-likeness (QED) is 0.808. The standard InChI is InChI=1S/C15H27NO/c1-4-16-14(13-6-5-11-17-13)12-7-9-15(2,3)10-8-12/h6,12,14,16H,4-5,7-11H2,1-3H3. The molecule has 1 unspecified atom stereocenters. The maximum Gasteiger partial charge on any atom is 0.109 e. The highest BCUT2D eigenvalue weighted by Gasteiger charge is 2.33. The Hall–Kier alpha value is -0.500. The highest BCUT2D eigenvalue weighted by Crippen LogP contribution is 2.40. The lowest BCUT2D eigenvalue weighted by Gasteiger charge is -2.38. The number of ether oxygens (including phenoxy) is 1. The van der Waals surface area contributed by atoms with E-state index in [4.69, 9.17) is 4.74 Å². The van der Waals surface area contributed by atoms with Crippen molar-refractivity contribution >= 4 is 0 Å². The Kier molecular flexibility index (Phi) is 4.13. The SMILES string of the molecule is CCNC(C1=CCCO1)C1CCC(C)(C)CC1. The summed E-state index contributed by atoms with van der Waals surface area (Å²) in [4.78, 5) is 0. The number of rotatable bonds is 4. The zero-order valence-corrected chi connectivity index (χ0v) is 11.6. The van der Waals surface area contributed by atoms with Crippen LogP contribution in [0.1, 0.15) is 52.9 Å². The van der Waals surface area contributed by atoms with E-state index >= 15 is 0 Å². The van der Waals surface area contributed by atoms with Crippen LogP contribution in [-0.2, 0) is 4.74 Å². The number of hydrogen-bond donors (Lipinski definition) is 1. The number of hydrogen-bond acceptors (Lipinski definition) is 2. The van der Waals surface area contributed by atoms with Crippen molar-refractivity contribution in [2.75, 3.05) is 13.2 Å². The Morgan fingerprint density at radius 2 is 2.12 bits per heavy atom. The lowest BCUT2D eigenvalue weighted by atomic mass is 9.71. The molecule has 0 aromatic carbocycles. The third kappa shape index (κ3) is 3.25. The summed E-state index contributed by atoms with van der Waals surface area (Å²) in [5.41, 5.74) is 0.554. The van der Waals surface area contributed by atoms with E-state index in [9.17, 15) is 0 Å². The smallest absolute Gasteiger partial charge is 0.109 e. The van der Waals surface area contributed by atoms with Crippen molar-refractivity contribution in [2.24, 2.45) is 11.3 Å². The second-order valence-corrected chi connectivity index (χ2v) is 6.28. The van der Waals surface area contributed by atoms with Gasteiger partial charge in [-0.2, -0.15) is 0 Å². The van der Waals surface area contributed by atoms with Gasteiger partial charge in [0.15, 0.2) is 0 Å². The van der Waals surface area contributed by atoms with Gasteiger partial charge in [0.05, 0.1) is 12.6 Å². The zero-order valence-electron chi connectivity index (χ0n) is 11.6. The molecule has 0 radical (unpaired) electrons. The molecule has 1 aliphatic heterocycles. The summed E-state index contributed by atoms with van der Waals surface area (Å²) in [6.45, 7) is 8.91. The second kappa shape index (κ2) is 5.43. The third-order valence-electron chi connectivity index (χ3n) is 4.32. The molecule has 0 saturated heterocycles. The molecule has 0 bridgehead atoms. The van der Waals surface area contributed by atoms with Crippen LogP contribution in [0.25, 0.3) is 0 Å². The van der Waals surface area contributed by atoms with Crippen molar-refractivity contribution in [1.29, 1.82) is 0 Å². The second-order valence-electron chi connectivity index (χ2n) is 6.28. The van der Waals surface area contributed by atoms with Crippen LogP contribution in [0.2, 0.25) is 0 Å². The van der Waals surface area contributed by atoms with Crippen LogP contribution in [0.15, 0.2) is 11.8 Å². The van der Waals surface area contributed by atoms with Crippen LogP contribution in [-0.4, -0.2) is 19.2 Å². The monoisotopic (exact) mass is 237 g/mol. The highest BCUT2D eigenvalue weighted by molar-refractivity contribution is 5.09. The third-order valence-corrected chi connectivity index (χ3v) is 4.32. The summed E-state index contributed by atoms with van der Waals surface area (Å²) < 4.78 is 5.77. The largest absolute Gasteiger partial charge is 0.496 e. The Balaban J connectivity index is 1.97. The molecule has 0 spiro atoms. The summed E-state index contributed by atoms with van der Waals surface area (Å²) in [5, 5.41) is 3.63. The van der Waals surface area contributed by atoms with Crippen molar-refractivity contribution < 1.29 is 4.74 Å². The minimum atomic E-state index is 0.471. The van der Waals surface area contributed by atoms with Crippen molar-refractivity contribution in [1.82, 2.24) is 5.32 Å². The minimum absolute atomic E-state index is 0.471. The number of likely N-dealkylation sites (N-methyl/N-ethyl adjacent to an activating group) is 1. The normalized spacial score (nSPS) is 26.4. The number of nitrogens with one attached hydrogen (secondary N) is 1. The van der Waals surface area contributed by atoms with E-state index < -0.39 is 0 Å². The fourth-order valence-corrected chi connectivity index (χ4v) is 3.13. The summed E-state index contributed by atoms with van der Waals surface area (Å²) in [7, 11) is 0. The fourth-order valence-electron chi connectivity index (χ4n) is 3.13. The van der Waals surface area contributed by atoms with Crippen LogP contribution >= 0.6 is 0 Å². The van der Waals surface area contributed by atoms with Gasteiger partial charge in [0.1, 0.15) is 5.76 Å². The molecule has 1 N–H and O–H groups in total. The molecule has 0 aromatic rings. The maximum atomic E-state index is 5.77. The summed E-state index contributed by atoms with van der Waals surface area (Å²) in [6, 6.07) is 0.471. The van der Waals surface area contributed by atoms with Crippen LogP contribution < -0.4 is 5.32 Å². The van der Waals surface area contributed by atoms with E-state index in [0.29, 0.717) is 11.5 Å². The van der Waals surface area contributed by atoms with Crippen molar-refractivity contribution in [3.8, 4) is 0 Å². The van der Waals surface area contributed by atoms with Gasteiger partial charge in [-0.15, -0.1) is 0 Å². The van der Waals surface area contributed by atoms with Crippen LogP contribution in [0, 0.1) is 11.3 Å². The van der Waals surface area contributed by atoms with E-state index in [1.165, 1.54) is 31.4 Å². The average Bonchev–Trinajstić information content (AvgIpc) is 2.80. The molecule has 1 aliphatic carbocycles. The molecule has 1 fully saturated rings. The first kappa shape index (κ1) is 12.9. The molecule has 2 rings (SSSR count). The first-order valence-corrected chi connectivity index (χ1v) is 7.18. The first-order chi connectivity index (χ1) is 8.12. The molecule has 0 amide bonds. The topological polar surface area (TPSA) is 21.3 Å². The lowest BCUT2D eigenvalue weighted by Crippen LogP contribution is -2.40. The van der Waals surface area contributed by atoms with Gasteiger partial charge in [0.25, 0.3) is 0 Å². The summed E-state index contributed by atoms with van der Waals surface area (Å²) >= 11 is 0. The van der Waals surface area contributed by atoms with Gasteiger partial charge < -0.3 is 10.1 Å². The molecule has 2 heteroatoms. The van der Waals surface area contributed by atoms with Crippen molar-refractivity contribution in [3.63, 3.8) is 0 Å². The fraction of sp³-hybridized carbons (Fsp3) is 0.867. The van der Waals surface area contributed by atoms with Gasteiger partial charge in [-0.1, -0.05) is 20.8 Å². The van der Waals surface area contributed by atoms with Crippen molar-refractivity contribution in [3.05, 3.63) is 11.8 Å². The highest BCUT2D eigenvalue weighted by atomic mass is 16.5. The average molecular weight is 237 g/mol. The van der Waals surface area contributed by atoms with Crippen LogP contribution in [0.3, 0.4) is 0 Å². The molecular weight excluding hydrogens is 210 g/mol. The van der Waals surface area contributed by atoms with E-state index in [0.717, 1.165) is 25.5 Å². The molecule has 2 aliphatic rings. The molecular formula is C15H27NO. The predicted octanol–water partition coefficient (Wildman–Crippen LogP) is 3.49. The molecule has 1 heterocycles. The van der Waals surface area contributed by atoms with E-state index in [1.54, 1.807) is 0 Å². The molecule has 1 saturated carbocycles. The molecule has 98 valence electrons. The summed E-state index contributed by atoms with van der Waals surface area (Å²) in [5.74, 6) is 1.99. The van der Waals surface area contributed by atoms with Crippen LogP contribution in [0.4, 0.5) is 0 Å². The van der Waals surface area contributed by atoms with Gasteiger partial charge in [0.2, 0.25) is 0 Å². The van der Waals surface area contributed by atoms with Crippen molar-refractivity contribution in [2.45, 2.75) is 58.9 Å². The molecule has 0 aromatic heterocycles. The first-order valence-electron chi connectivity index (χ1n) is 7.18. The van der Waals surface area contributed by atoms with E-state index in [1.807, 2.05) is 0 Å². The maximum absolute atomic E-state index is 5.77. The van der Waals surface area contributed by atoms with Gasteiger partial charge in [-0.3, -0.25) is 0 Å². The Bertz CT molecular complexity index is 273. The van der Waals surface area contributed by atoms with E-state index in [-0.39, 0.29) is 0 Å². The molecule has 2 nitrogen and oxygen atoms in total. The van der Waals surface area contributed by atoms with Gasteiger partial charge in [0, 0.05) is 6.42 Å². The lowest BCUT2D eigenvalue weighted by molar-refractivity contribution is 0.136. The minimum Gasteiger partial charge on any atom is -0.496 e. The van der Waals surface area contributed by atoms with Gasteiger partial charge >= 0.3 is 0 Å². The zero-order chi connectivity index (χ0) is 12.3. The Labute approximate surface area is 106 Å². The van der Waals surface area contributed by atoms with Crippen LogP contribution in [0.5, 0.6) is 0 Å². The molecule has 17 heavy (non-hydrogen) atoms. The van der Waals surface area contributed by atoms with Gasteiger partial charge in [-0.05, 0) is 49.6 Å². The predicted molar refractivity (Wildman–Crippen MR) is 71.9 cm³/mol. The van der Waals surface area contributed by atoms with Gasteiger partial charge in [-0.25, -0.2) is 0 Å². The summed E-state index contributed by atoms with van der Waals surface area (Å²) in [6.07, 6.45) is 8.76.